The van der Waals surface area contributed by atoms with Crippen LogP contribution >= 0.6 is 0 Å². The van der Waals surface area contributed by atoms with Gasteiger partial charge in [-0.2, -0.15) is 0 Å². The second-order valence-electron chi connectivity index (χ2n) is 7.77. The zero-order valence-corrected chi connectivity index (χ0v) is 18.4. The third-order valence-corrected chi connectivity index (χ3v) is 5.02. The van der Waals surface area contributed by atoms with Gasteiger partial charge in [-0.1, -0.05) is 12.1 Å². The summed E-state index contributed by atoms with van der Waals surface area (Å²) in [6.45, 7) is 14.1. The second kappa shape index (κ2) is 11.0. The SMILES string of the molecule is CCNC(=NCCCN(C(C)C)C(C)C)NCCN1C(=O)c2ccccc2C1=O. The fraction of sp³-hybridized carbons (Fsp3) is 0.591. The monoisotopic (exact) mass is 401 g/mol. The molecule has 7 nitrogen and oxygen atoms in total. The quantitative estimate of drug-likeness (QED) is 0.272. The van der Waals surface area contributed by atoms with Crippen molar-refractivity contribution in [3.05, 3.63) is 35.4 Å². The van der Waals surface area contributed by atoms with Crippen LogP contribution in [0.15, 0.2) is 29.3 Å². The van der Waals surface area contributed by atoms with Gasteiger partial charge in [-0.3, -0.25) is 24.4 Å². The van der Waals surface area contributed by atoms with E-state index in [4.69, 9.17) is 0 Å². The zero-order valence-electron chi connectivity index (χ0n) is 18.4. The van der Waals surface area contributed by atoms with E-state index in [1.54, 1.807) is 24.3 Å². The van der Waals surface area contributed by atoms with Crippen LogP contribution in [-0.4, -0.2) is 72.4 Å². The van der Waals surface area contributed by atoms with Crippen LogP contribution in [0.5, 0.6) is 0 Å². The van der Waals surface area contributed by atoms with Crippen molar-refractivity contribution in [2.45, 2.75) is 53.1 Å². The Labute approximate surface area is 174 Å². The van der Waals surface area contributed by atoms with E-state index in [0.29, 0.717) is 42.3 Å². The minimum Gasteiger partial charge on any atom is -0.357 e. The minimum atomic E-state index is -0.225. The molecule has 2 amide bonds. The van der Waals surface area contributed by atoms with Crippen molar-refractivity contribution in [3.8, 4) is 0 Å². The Hall–Kier alpha value is -2.41. The van der Waals surface area contributed by atoms with Crippen molar-refractivity contribution >= 4 is 17.8 Å². The van der Waals surface area contributed by atoms with Crippen molar-refractivity contribution in [1.82, 2.24) is 20.4 Å². The van der Waals surface area contributed by atoms with E-state index >= 15 is 0 Å². The number of nitrogens with one attached hydrogen (secondary N) is 2. The molecule has 0 aliphatic carbocycles. The second-order valence-corrected chi connectivity index (χ2v) is 7.77. The molecule has 1 aliphatic heterocycles. The Morgan fingerprint density at radius 1 is 1.03 bits per heavy atom. The summed E-state index contributed by atoms with van der Waals surface area (Å²) in [7, 11) is 0. The fourth-order valence-corrected chi connectivity index (χ4v) is 3.63. The molecule has 1 heterocycles. The van der Waals surface area contributed by atoms with Crippen LogP contribution in [0.2, 0.25) is 0 Å². The molecule has 29 heavy (non-hydrogen) atoms. The van der Waals surface area contributed by atoms with Gasteiger partial charge in [0.2, 0.25) is 0 Å². The van der Waals surface area contributed by atoms with Crippen molar-refractivity contribution in [3.63, 3.8) is 0 Å². The first kappa shape index (κ1) is 22.9. The number of aliphatic imine (C=N–C) groups is 1. The molecule has 0 fully saturated rings. The molecule has 0 atom stereocenters. The molecule has 2 rings (SSSR count). The smallest absolute Gasteiger partial charge is 0.261 e. The first-order valence-corrected chi connectivity index (χ1v) is 10.6. The topological polar surface area (TPSA) is 77.0 Å². The van der Waals surface area contributed by atoms with E-state index in [0.717, 1.165) is 26.1 Å². The molecule has 160 valence electrons. The Kier molecular flexibility index (Phi) is 8.64. The molecule has 7 heteroatoms. The maximum Gasteiger partial charge on any atom is 0.261 e. The molecule has 0 aromatic heterocycles. The summed E-state index contributed by atoms with van der Waals surface area (Å²) in [6, 6.07) is 8.00. The number of rotatable bonds is 10. The number of carbonyl (C=O) groups is 2. The molecular weight excluding hydrogens is 366 g/mol. The van der Waals surface area contributed by atoms with Gasteiger partial charge >= 0.3 is 0 Å². The van der Waals surface area contributed by atoms with Crippen LogP contribution in [0.3, 0.4) is 0 Å². The number of benzene rings is 1. The molecule has 0 unspecified atom stereocenters. The highest BCUT2D eigenvalue weighted by Gasteiger charge is 2.34. The largest absolute Gasteiger partial charge is 0.357 e. The highest BCUT2D eigenvalue weighted by atomic mass is 16.2. The highest BCUT2D eigenvalue weighted by Crippen LogP contribution is 2.21. The number of carbonyl (C=O) groups excluding carboxylic acids is 2. The lowest BCUT2D eigenvalue weighted by molar-refractivity contribution is 0.0657. The summed E-state index contributed by atoms with van der Waals surface area (Å²) >= 11 is 0. The third-order valence-electron chi connectivity index (χ3n) is 5.02. The maximum atomic E-state index is 12.4. The van der Waals surface area contributed by atoms with Crippen molar-refractivity contribution < 1.29 is 9.59 Å². The number of imide groups is 1. The van der Waals surface area contributed by atoms with Gasteiger partial charge in [0.15, 0.2) is 5.96 Å². The molecule has 1 aromatic rings. The van der Waals surface area contributed by atoms with E-state index < -0.39 is 0 Å². The number of amides is 2. The van der Waals surface area contributed by atoms with E-state index in [9.17, 15) is 9.59 Å². The van der Waals surface area contributed by atoms with E-state index in [1.165, 1.54) is 4.90 Å². The molecule has 0 saturated carbocycles. The van der Waals surface area contributed by atoms with Crippen LogP contribution in [0.4, 0.5) is 0 Å². The van der Waals surface area contributed by atoms with Crippen LogP contribution < -0.4 is 10.6 Å². The molecule has 0 radical (unpaired) electrons. The Bertz CT molecular complexity index is 687. The van der Waals surface area contributed by atoms with Gasteiger partial charge in [0.1, 0.15) is 0 Å². The molecule has 0 saturated heterocycles. The number of nitrogens with zero attached hydrogens (tertiary/aromatic N) is 3. The first-order chi connectivity index (χ1) is 13.9. The molecule has 1 aliphatic rings. The summed E-state index contributed by atoms with van der Waals surface area (Å²) in [6.07, 6.45) is 0.978. The lowest BCUT2D eigenvalue weighted by Crippen LogP contribution is -2.43. The van der Waals surface area contributed by atoms with Crippen LogP contribution in [0.25, 0.3) is 0 Å². The van der Waals surface area contributed by atoms with Crippen molar-refractivity contribution in [1.29, 1.82) is 0 Å². The molecule has 0 bridgehead atoms. The fourth-order valence-electron chi connectivity index (χ4n) is 3.63. The predicted molar refractivity (Wildman–Crippen MR) is 117 cm³/mol. The average Bonchev–Trinajstić information content (AvgIpc) is 2.92. The van der Waals surface area contributed by atoms with Crippen LogP contribution in [0, 0.1) is 0 Å². The van der Waals surface area contributed by atoms with Crippen molar-refractivity contribution in [2.24, 2.45) is 4.99 Å². The zero-order chi connectivity index (χ0) is 21.4. The van der Waals surface area contributed by atoms with Crippen LogP contribution in [-0.2, 0) is 0 Å². The lowest BCUT2D eigenvalue weighted by atomic mass is 10.1. The summed E-state index contributed by atoms with van der Waals surface area (Å²) in [5.41, 5.74) is 0.968. The van der Waals surface area contributed by atoms with Gasteiger partial charge in [0, 0.05) is 44.8 Å². The van der Waals surface area contributed by atoms with Gasteiger partial charge in [0.05, 0.1) is 11.1 Å². The number of fused-ring (bicyclic) bond motifs is 1. The molecule has 2 N–H and O–H groups in total. The Balaban J connectivity index is 1.83. The Morgan fingerprint density at radius 3 is 2.14 bits per heavy atom. The highest BCUT2D eigenvalue weighted by molar-refractivity contribution is 6.21. The lowest BCUT2D eigenvalue weighted by Gasteiger charge is -2.30. The van der Waals surface area contributed by atoms with Gasteiger partial charge in [0.25, 0.3) is 11.8 Å². The average molecular weight is 402 g/mol. The summed E-state index contributed by atoms with van der Waals surface area (Å²) < 4.78 is 0. The minimum absolute atomic E-state index is 0.225. The predicted octanol–water partition coefficient (Wildman–Crippen LogP) is 2.35. The molecular formula is C22H35N5O2. The van der Waals surface area contributed by atoms with Gasteiger partial charge in [-0.15, -0.1) is 0 Å². The summed E-state index contributed by atoms with van der Waals surface area (Å²) in [4.78, 5) is 33.2. The molecule has 0 spiro atoms. The van der Waals surface area contributed by atoms with Gasteiger partial charge in [-0.05, 0) is 53.2 Å². The van der Waals surface area contributed by atoms with E-state index in [2.05, 4.69) is 48.2 Å². The van der Waals surface area contributed by atoms with E-state index in [-0.39, 0.29) is 11.8 Å². The summed E-state index contributed by atoms with van der Waals surface area (Å²) in [5.74, 6) is 0.262. The van der Waals surface area contributed by atoms with Crippen molar-refractivity contribution in [2.75, 3.05) is 32.7 Å². The summed E-state index contributed by atoms with van der Waals surface area (Å²) in [5, 5.41) is 6.45. The first-order valence-electron chi connectivity index (χ1n) is 10.6. The number of hydrogen-bond acceptors (Lipinski definition) is 4. The standard InChI is InChI=1S/C22H35N5O2/c1-6-23-22(24-12-9-14-26(16(2)3)17(4)5)25-13-15-27-20(28)18-10-7-8-11-19(18)21(27)29/h7-8,10-11,16-17H,6,9,12-15H2,1-5H3,(H2,23,24,25). The number of guanidine groups is 1. The van der Waals surface area contributed by atoms with Gasteiger partial charge in [-0.25, -0.2) is 0 Å². The van der Waals surface area contributed by atoms with E-state index in [1.807, 2.05) is 6.92 Å². The Morgan fingerprint density at radius 2 is 1.62 bits per heavy atom. The number of hydrogen-bond donors (Lipinski definition) is 2. The normalized spacial score (nSPS) is 14.3. The maximum absolute atomic E-state index is 12.4. The van der Waals surface area contributed by atoms with Crippen LogP contribution in [0.1, 0.15) is 61.8 Å². The third kappa shape index (κ3) is 6.03. The molecule has 1 aromatic carbocycles. The van der Waals surface area contributed by atoms with Gasteiger partial charge < -0.3 is 10.6 Å².